The Kier molecular flexibility index (Phi) is 4.02. The van der Waals surface area contributed by atoms with Crippen molar-refractivity contribution >= 4 is 32.9 Å². The van der Waals surface area contributed by atoms with Crippen molar-refractivity contribution < 1.29 is 9.53 Å². The molecule has 2 heterocycles. The van der Waals surface area contributed by atoms with Crippen molar-refractivity contribution in [2.45, 2.75) is 19.6 Å². The third-order valence-electron chi connectivity index (χ3n) is 4.40. The van der Waals surface area contributed by atoms with Gasteiger partial charge in [-0.3, -0.25) is 0 Å². The Morgan fingerprint density at radius 2 is 2.04 bits per heavy atom. The molecule has 3 aromatic rings. The number of carbonyl (C=O) groups excluding carboxylic acids is 1. The van der Waals surface area contributed by atoms with E-state index >= 15 is 0 Å². The number of fused-ring (bicyclic) bond motifs is 3. The first-order chi connectivity index (χ1) is 11.7. The van der Waals surface area contributed by atoms with Gasteiger partial charge in [0, 0.05) is 27.6 Å². The number of halogens is 1. The highest BCUT2D eigenvalue weighted by Crippen LogP contribution is 2.29. The van der Waals surface area contributed by atoms with Crippen LogP contribution in [-0.2, 0) is 24.3 Å². The number of aromatic amines is 1. The molecule has 0 unspecified atom stereocenters. The summed E-state index contributed by atoms with van der Waals surface area (Å²) in [5.41, 5.74) is 4.52. The number of nitrogens with one attached hydrogen (secondary N) is 1. The van der Waals surface area contributed by atoms with E-state index in [1.165, 1.54) is 10.9 Å². The number of nitrogens with zero attached hydrogens (tertiary/aromatic N) is 1. The fourth-order valence-corrected chi connectivity index (χ4v) is 3.54. The van der Waals surface area contributed by atoms with Crippen molar-refractivity contribution in [1.29, 1.82) is 0 Å². The number of H-pyrrole nitrogens is 1. The summed E-state index contributed by atoms with van der Waals surface area (Å²) in [6.45, 7) is 1.55. The number of hydrogen-bond donors (Lipinski definition) is 1. The Balaban J connectivity index is 1.47. The molecule has 2 aromatic carbocycles. The van der Waals surface area contributed by atoms with Crippen LogP contribution in [0.5, 0.6) is 0 Å². The van der Waals surface area contributed by atoms with Gasteiger partial charge >= 0.3 is 6.09 Å². The molecule has 5 heteroatoms. The van der Waals surface area contributed by atoms with Gasteiger partial charge in [-0.25, -0.2) is 4.79 Å². The Morgan fingerprint density at radius 3 is 2.88 bits per heavy atom. The van der Waals surface area contributed by atoms with Crippen LogP contribution in [0.25, 0.3) is 10.9 Å². The van der Waals surface area contributed by atoms with E-state index in [1.54, 1.807) is 4.90 Å². The molecule has 122 valence electrons. The Morgan fingerprint density at radius 1 is 1.21 bits per heavy atom. The lowest BCUT2D eigenvalue weighted by Crippen LogP contribution is -2.36. The molecular formula is C19H17BrN2O2. The fourth-order valence-electron chi connectivity index (χ4n) is 3.18. The molecule has 1 amide bonds. The quantitative estimate of drug-likeness (QED) is 0.700. The van der Waals surface area contributed by atoms with Crippen molar-refractivity contribution in [3.63, 3.8) is 0 Å². The lowest BCUT2D eigenvalue weighted by molar-refractivity contribution is 0.0915. The minimum Gasteiger partial charge on any atom is -0.445 e. The molecule has 1 aliphatic rings. The van der Waals surface area contributed by atoms with Crippen molar-refractivity contribution in [3.05, 3.63) is 69.8 Å². The maximum atomic E-state index is 12.3. The molecular weight excluding hydrogens is 368 g/mol. The summed E-state index contributed by atoms with van der Waals surface area (Å²) < 4.78 is 6.51. The van der Waals surface area contributed by atoms with Gasteiger partial charge in [0.1, 0.15) is 6.61 Å². The van der Waals surface area contributed by atoms with Gasteiger partial charge in [0.15, 0.2) is 0 Å². The molecule has 4 rings (SSSR count). The zero-order valence-corrected chi connectivity index (χ0v) is 14.7. The van der Waals surface area contributed by atoms with Crippen molar-refractivity contribution in [2.75, 3.05) is 6.54 Å². The molecule has 1 aliphatic heterocycles. The number of carbonyl (C=O) groups is 1. The number of ether oxygens (including phenoxy) is 1. The van der Waals surface area contributed by atoms with E-state index < -0.39 is 0 Å². The van der Waals surface area contributed by atoms with Gasteiger partial charge in [-0.1, -0.05) is 46.3 Å². The van der Waals surface area contributed by atoms with Crippen LogP contribution in [-0.4, -0.2) is 22.5 Å². The van der Waals surface area contributed by atoms with E-state index in [4.69, 9.17) is 4.74 Å². The number of aromatic nitrogens is 1. The number of rotatable bonds is 2. The fraction of sp³-hybridized carbons (Fsp3) is 0.211. The molecule has 24 heavy (non-hydrogen) atoms. The molecule has 0 fully saturated rings. The molecule has 1 aromatic heterocycles. The van der Waals surface area contributed by atoms with Crippen LogP contribution in [0.1, 0.15) is 16.8 Å². The highest BCUT2D eigenvalue weighted by atomic mass is 79.9. The first-order valence-corrected chi connectivity index (χ1v) is 8.74. The predicted molar refractivity (Wildman–Crippen MR) is 96.7 cm³/mol. The van der Waals surface area contributed by atoms with Crippen LogP contribution in [0.3, 0.4) is 0 Å². The molecule has 4 nitrogen and oxygen atoms in total. The predicted octanol–water partition coefficient (Wildman–Crippen LogP) is 4.63. The average molecular weight is 385 g/mol. The maximum absolute atomic E-state index is 12.3. The van der Waals surface area contributed by atoms with E-state index in [2.05, 4.69) is 33.0 Å². The highest BCUT2D eigenvalue weighted by molar-refractivity contribution is 9.10. The standard InChI is InChI=1S/C19H17BrN2O2/c20-14-6-7-17-16(10-14)15-8-9-22(11-18(15)21-17)19(23)24-12-13-4-2-1-3-5-13/h1-7,10,21H,8-9,11-12H2. The second-order valence-corrected chi connectivity index (χ2v) is 6.90. The molecule has 1 N–H and O–H groups in total. The molecule has 0 bridgehead atoms. The molecule has 0 spiro atoms. The summed E-state index contributed by atoms with van der Waals surface area (Å²) in [6.07, 6.45) is 0.580. The molecule has 0 atom stereocenters. The summed E-state index contributed by atoms with van der Waals surface area (Å²) in [5, 5.41) is 1.23. The third kappa shape index (κ3) is 2.91. The maximum Gasteiger partial charge on any atom is 0.410 e. The largest absolute Gasteiger partial charge is 0.445 e. The number of benzene rings is 2. The Bertz CT molecular complexity index is 889. The number of amides is 1. The van der Waals surface area contributed by atoms with Crippen molar-refractivity contribution in [1.82, 2.24) is 9.88 Å². The highest BCUT2D eigenvalue weighted by Gasteiger charge is 2.24. The summed E-state index contributed by atoms with van der Waals surface area (Å²) in [6, 6.07) is 16.0. The van der Waals surface area contributed by atoms with Crippen LogP contribution in [0.4, 0.5) is 4.79 Å². The minimum absolute atomic E-state index is 0.260. The van der Waals surface area contributed by atoms with E-state index in [-0.39, 0.29) is 6.09 Å². The van der Waals surface area contributed by atoms with Crippen molar-refractivity contribution in [3.8, 4) is 0 Å². The number of hydrogen-bond acceptors (Lipinski definition) is 2. The second-order valence-electron chi connectivity index (χ2n) is 5.98. The summed E-state index contributed by atoms with van der Waals surface area (Å²) in [5.74, 6) is 0. The van der Waals surface area contributed by atoms with E-state index in [9.17, 15) is 4.79 Å². The van der Waals surface area contributed by atoms with Crippen LogP contribution >= 0.6 is 15.9 Å². The lowest BCUT2D eigenvalue weighted by atomic mass is 10.0. The van der Waals surface area contributed by atoms with Gasteiger partial charge in [0.25, 0.3) is 0 Å². The lowest BCUT2D eigenvalue weighted by Gasteiger charge is -2.26. The van der Waals surface area contributed by atoms with E-state index in [0.29, 0.717) is 19.7 Å². The second kappa shape index (κ2) is 6.32. The topological polar surface area (TPSA) is 45.3 Å². The normalized spacial score (nSPS) is 13.8. The van der Waals surface area contributed by atoms with Crippen LogP contribution in [0.2, 0.25) is 0 Å². The first kappa shape index (κ1) is 15.3. The smallest absolute Gasteiger partial charge is 0.410 e. The zero-order valence-electron chi connectivity index (χ0n) is 13.1. The molecule has 0 aliphatic carbocycles. The van der Waals surface area contributed by atoms with Gasteiger partial charge in [-0.2, -0.15) is 0 Å². The summed E-state index contributed by atoms with van der Waals surface area (Å²) in [7, 11) is 0. The van der Waals surface area contributed by atoms with Crippen LogP contribution in [0, 0.1) is 0 Å². The van der Waals surface area contributed by atoms with Gasteiger partial charge in [0.05, 0.1) is 6.54 Å². The van der Waals surface area contributed by atoms with Gasteiger partial charge in [-0.05, 0) is 35.7 Å². The molecule has 0 saturated carbocycles. The van der Waals surface area contributed by atoms with Gasteiger partial charge < -0.3 is 14.6 Å². The Hall–Kier alpha value is -2.27. The SMILES string of the molecule is O=C(OCc1ccccc1)N1CCc2c([nH]c3ccc(Br)cc23)C1. The summed E-state index contributed by atoms with van der Waals surface area (Å²) >= 11 is 3.52. The first-order valence-electron chi connectivity index (χ1n) is 7.95. The van der Waals surface area contributed by atoms with E-state index in [1.807, 2.05) is 36.4 Å². The van der Waals surface area contributed by atoms with Crippen LogP contribution in [0.15, 0.2) is 53.0 Å². The third-order valence-corrected chi connectivity index (χ3v) is 4.89. The Labute approximate surface area is 148 Å². The van der Waals surface area contributed by atoms with Crippen molar-refractivity contribution in [2.24, 2.45) is 0 Å². The zero-order chi connectivity index (χ0) is 16.5. The van der Waals surface area contributed by atoms with Gasteiger partial charge in [-0.15, -0.1) is 0 Å². The minimum atomic E-state index is -0.260. The summed E-state index contributed by atoms with van der Waals surface area (Å²) in [4.78, 5) is 17.5. The van der Waals surface area contributed by atoms with Crippen LogP contribution < -0.4 is 0 Å². The van der Waals surface area contributed by atoms with Gasteiger partial charge in [0.2, 0.25) is 0 Å². The average Bonchev–Trinajstić information content (AvgIpc) is 2.97. The van der Waals surface area contributed by atoms with E-state index in [0.717, 1.165) is 27.7 Å². The molecule has 0 radical (unpaired) electrons. The molecule has 0 saturated heterocycles. The monoisotopic (exact) mass is 384 g/mol.